The minimum Gasteiger partial charge on any atom is -0.510 e. The second-order valence-corrected chi connectivity index (χ2v) is 9.32. The third-order valence-corrected chi connectivity index (χ3v) is 7.13. The number of piperidine rings is 1. The predicted octanol–water partition coefficient (Wildman–Crippen LogP) is 5.33. The van der Waals surface area contributed by atoms with Gasteiger partial charge in [0.2, 0.25) is 0 Å². The van der Waals surface area contributed by atoms with Crippen molar-refractivity contribution in [3.05, 3.63) is 71.7 Å². The van der Waals surface area contributed by atoms with Crippen LogP contribution in [-0.2, 0) is 6.42 Å². The summed E-state index contributed by atoms with van der Waals surface area (Å²) >= 11 is 7.00. The number of rotatable bonds is 5. The summed E-state index contributed by atoms with van der Waals surface area (Å²) in [5, 5.41) is 20.1. The van der Waals surface area contributed by atoms with Crippen LogP contribution in [0.3, 0.4) is 0 Å². The summed E-state index contributed by atoms with van der Waals surface area (Å²) in [6.07, 6.45) is 3.33. The Hall–Kier alpha value is -2.82. The van der Waals surface area contributed by atoms with E-state index in [2.05, 4.69) is 51.3 Å². The third-order valence-electron chi connectivity index (χ3n) is 5.60. The Labute approximate surface area is 191 Å². The molecule has 2 aromatic carbocycles. The van der Waals surface area contributed by atoms with E-state index in [0.717, 1.165) is 47.7 Å². The minimum atomic E-state index is -0.00660. The molecular formula is C24H24N4OS2. The Balaban J connectivity index is 1.32. The Morgan fingerprint density at radius 3 is 2.58 bits per heavy atom. The van der Waals surface area contributed by atoms with Gasteiger partial charge in [0.25, 0.3) is 0 Å². The quantitative estimate of drug-likeness (QED) is 0.312. The molecule has 0 atom stereocenters. The van der Waals surface area contributed by atoms with Crippen molar-refractivity contribution >= 4 is 44.9 Å². The smallest absolute Gasteiger partial charge is 0.152 e. The Morgan fingerprint density at radius 2 is 1.87 bits per heavy atom. The summed E-state index contributed by atoms with van der Waals surface area (Å²) in [4.78, 5) is 9.73. The average molecular weight is 449 g/mol. The van der Waals surface area contributed by atoms with Crippen molar-refractivity contribution in [1.29, 1.82) is 5.26 Å². The molecule has 31 heavy (non-hydrogen) atoms. The molecule has 7 heteroatoms. The van der Waals surface area contributed by atoms with Gasteiger partial charge in [0, 0.05) is 13.1 Å². The van der Waals surface area contributed by atoms with E-state index in [4.69, 9.17) is 12.2 Å². The predicted molar refractivity (Wildman–Crippen MR) is 131 cm³/mol. The van der Waals surface area contributed by atoms with Gasteiger partial charge in [-0.25, -0.2) is 4.98 Å². The number of likely N-dealkylation sites (tertiary alicyclic amines) is 1. The van der Waals surface area contributed by atoms with Crippen LogP contribution in [0.15, 0.2) is 60.4 Å². The lowest BCUT2D eigenvalue weighted by molar-refractivity contribution is 0.271. The summed E-state index contributed by atoms with van der Waals surface area (Å²) in [6.45, 7) is 1.87. The molecule has 4 rings (SSSR count). The van der Waals surface area contributed by atoms with Crippen LogP contribution in [0, 0.1) is 17.2 Å². The van der Waals surface area contributed by atoms with E-state index < -0.39 is 0 Å². The van der Waals surface area contributed by atoms with Crippen LogP contribution in [0.4, 0.5) is 0 Å². The maximum absolute atomic E-state index is 10.5. The fourth-order valence-electron chi connectivity index (χ4n) is 3.89. The Kier molecular flexibility index (Phi) is 6.90. The molecule has 3 aromatic rings. The molecule has 1 saturated heterocycles. The molecule has 0 saturated carbocycles. The maximum atomic E-state index is 10.5. The van der Waals surface area contributed by atoms with Crippen molar-refractivity contribution in [2.24, 2.45) is 5.92 Å². The average Bonchev–Trinajstić information content (AvgIpc) is 3.23. The van der Waals surface area contributed by atoms with Crippen molar-refractivity contribution in [3.8, 4) is 6.07 Å². The number of nitrogens with one attached hydrogen (secondary N) is 1. The number of thiocarbonyl (C=S) groups is 1. The lowest BCUT2D eigenvalue weighted by Gasteiger charge is -2.33. The van der Waals surface area contributed by atoms with Gasteiger partial charge in [-0.3, -0.25) is 0 Å². The summed E-state index contributed by atoms with van der Waals surface area (Å²) in [5.41, 5.74) is 3.15. The molecule has 0 unspecified atom stereocenters. The van der Waals surface area contributed by atoms with Gasteiger partial charge in [0.15, 0.2) is 5.82 Å². The minimum absolute atomic E-state index is 0.00660. The first-order valence-corrected chi connectivity index (χ1v) is 11.8. The summed E-state index contributed by atoms with van der Waals surface area (Å²) < 4.78 is 0.770. The van der Waals surface area contributed by atoms with E-state index in [1.54, 1.807) is 0 Å². The van der Waals surface area contributed by atoms with Gasteiger partial charge in [0.1, 0.15) is 21.7 Å². The molecule has 2 N–H and O–H groups in total. The zero-order valence-corrected chi connectivity index (χ0v) is 18.8. The van der Waals surface area contributed by atoms with Crippen LogP contribution in [0.5, 0.6) is 0 Å². The van der Waals surface area contributed by atoms with Crippen molar-refractivity contribution in [2.45, 2.75) is 19.3 Å². The summed E-state index contributed by atoms with van der Waals surface area (Å²) in [7, 11) is 0. The van der Waals surface area contributed by atoms with Crippen molar-refractivity contribution < 1.29 is 5.11 Å². The number of hydrogen-bond donors (Lipinski definition) is 2. The molecule has 158 valence electrons. The zero-order chi connectivity index (χ0) is 21.6. The molecular weight excluding hydrogens is 424 g/mol. The molecule has 0 spiro atoms. The first-order chi connectivity index (χ1) is 15.1. The van der Waals surface area contributed by atoms with E-state index in [1.807, 2.05) is 24.3 Å². The van der Waals surface area contributed by atoms with Crippen molar-refractivity contribution in [3.63, 3.8) is 0 Å². The van der Waals surface area contributed by atoms with Gasteiger partial charge in [-0.2, -0.15) is 5.26 Å². The Bertz CT molecular complexity index is 1090. The first kappa shape index (κ1) is 21.4. The molecule has 2 heterocycles. The number of nitriles is 1. The number of fused-ring (bicyclic) bond motifs is 1. The van der Waals surface area contributed by atoms with E-state index in [1.165, 1.54) is 17.3 Å². The van der Waals surface area contributed by atoms with Gasteiger partial charge < -0.3 is 15.0 Å². The van der Waals surface area contributed by atoms with Crippen LogP contribution < -0.4 is 0 Å². The molecule has 0 amide bonds. The number of para-hydroxylation sites is 2. The molecule has 0 bridgehead atoms. The number of aromatic amines is 1. The summed E-state index contributed by atoms with van der Waals surface area (Å²) in [5.74, 6) is 1.31. The first-order valence-electron chi connectivity index (χ1n) is 10.4. The topological polar surface area (TPSA) is 75.9 Å². The lowest BCUT2D eigenvalue weighted by Crippen LogP contribution is -2.36. The highest BCUT2D eigenvalue weighted by Gasteiger charge is 2.22. The molecule has 1 aromatic heterocycles. The van der Waals surface area contributed by atoms with Gasteiger partial charge in [-0.1, -0.05) is 66.4 Å². The molecule has 0 radical (unpaired) electrons. The highest BCUT2D eigenvalue weighted by Crippen LogP contribution is 2.26. The number of benzene rings is 2. The van der Waals surface area contributed by atoms with Crippen molar-refractivity contribution in [2.75, 3.05) is 18.8 Å². The monoisotopic (exact) mass is 448 g/mol. The molecule has 1 aliphatic rings. The van der Waals surface area contributed by atoms with E-state index in [9.17, 15) is 10.4 Å². The normalized spacial score (nSPS) is 15.5. The summed E-state index contributed by atoms with van der Waals surface area (Å²) in [6, 6.07) is 20.2. The second kappa shape index (κ2) is 9.99. The van der Waals surface area contributed by atoms with Crippen LogP contribution in [0.25, 0.3) is 16.6 Å². The number of hydrogen-bond acceptors (Lipinski definition) is 5. The zero-order valence-electron chi connectivity index (χ0n) is 17.1. The number of imidazole rings is 1. The molecule has 1 aliphatic heterocycles. The lowest BCUT2D eigenvalue weighted by atomic mass is 9.90. The fraction of sp³-hybridized carbons (Fsp3) is 0.292. The van der Waals surface area contributed by atoms with Gasteiger partial charge in [0.05, 0.1) is 16.8 Å². The molecule has 0 aliphatic carbocycles. The van der Waals surface area contributed by atoms with Gasteiger partial charge in [-0.15, -0.1) is 0 Å². The van der Waals surface area contributed by atoms with Gasteiger partial charge >= 0.3 is 0 Å². The molecule has 1 fully saturated rings. The van der Waals surface area contributed by atoms with E-state index in [0.29, 0.717) is 11.7 Å². The van der Waals surface area contributed by atoms with E-state index in [-0.39, 0.29) is 17.1 Å². The number of allylic oxidation sites excluding steroid dienone is 1. The van der Waals surface area contributed by atoms with Crippen LogP contribution in [0.2, 0.25) is 0 Å². The largest absolute Gasteiger partial charge is 0.510 e. The highest BCUT2D eigenvalue weighted by molar-refractivity contribution is 8.23. The fourth-order valence-corrected chi connectivity index (χ4v) is 5.02. The molecule has 5 nitrogen and oxygen atoms in total. The second-order valence-electron chi connectivity index (χ2n) is 7.71. The van der Waals surface area contributed by atoms with Crippen LogP contribution >= 0.6 is 24.0 Å². The standard InChI is InChI=1S/C24H24N4OS2/c25-15-19(23-26-20-8-4-5-9-21(20)27-23)22(29)16-31-24(30)28-12-10-18(11-13-28)14-17-6-2-1-3-7-17/h1-9,18,29H,10-14,16H2,(H,26,27)/b22-19+. The van der Waals surface area contributed by atoms with E-state index >= 15 is 0 Å². The number of thioether (sulfide) groups is 1. The van der Waals surface area contributed by atoms with Crippen LogP contribution in [-0.4, -0.2) is 43.1 Å². The number of aliphatic hydroxyl groups excluding tert-OH is 1. The third kappa shape index (κ3) is 5.27. The number of H-pyrrole nitrogens is 1. The SMILES string of the molecule is N#C/C(=C(\O)CSC(=S)N1CCC(Cc2ccccc2)CC1)c1nc2ccccc2[nH]1. The highest BCUT2D eigenvalue weighted by atomic mass is 32.2. The number of aliphatic hydroxyl groups is 1. The van der Waals surface area contributed by atoms with Crippen molar-refractivity contribution in [1.82, 2.24) is 14.9 Å². The number of aromatic nitrogens is 2. The Morgan fingerprint density at radius 1 is 1.16 bits per heavy atom. The maximum Gasteiger partial charge on any atom is 0.152 e. The van der Waals surface area contributed by atoms with Crippen LogP contribution in [0.1, 0.15) is 24.2 Å². The number of nitrogens with zero attached hydrogens (tertiary/aromatic N) is 3. The van der Waals surface area contributed by atoms with Gasteiger partial charge in [-0.05, 0) is 42.9 Å².